The average molecular weight is 269 g/mol. The molecule has 0 bridgehead atoms. The summed E-state index contributed by atoms with van der Waals surface area (Å²) in [5, 5.41) is 19.2. The van der Waals surface area contributed by atoms with Crippen LogP contribution in [0.4, 0.5) is 5.69 Å². The number of rotatable bonds is 4. The number of hydrogen-bond donors (Lipinski definition) is 1. The molecule has 1 rings (SSSR count). The van der Waals surface area contributed by atoms with E-state index in [4.69, 9.17) is 5.11 Å². The van der Waals surface area contributed by atoms with Crippen LogP contribution in [0.15, 0.2) is 27.4 Å². The summed E-state index contributed by atoms with van der Waals surface area (Å²) in [6, 6.07) is 0. The van der Waals surface area contributed by atoms with Crippen LogP contribution in [0, 0.1) is 10.1 Å². The molecule has 1 N–H and O–H groups in total. The van der Waals surface area contributed by atoms with Gasteiger partial charge in [0.1, 0.15) is 0 Å². The van der Waals surface area contributed by atoms with E-state index in [1.54, 1.807) is 0 Å². The van der Waals surface area contributed by atoms with E-state index in [-0.39, 0.29) is 12.1 Å². The lowest BCUT2D eigenvalue weighted by atomic mass is 10.3. The SMILES string of the molecule is CC(=CC(=O)O)Cn1c(=O)c([N+](=O)[O-])cn(C)c1=O. The van der Waals surface area contributed by atoms with E-state index in [2.05, 4.69) is 0 Å². The molecular formula is C10H11N3O6. The highest BCUT2D eigenvalue weighted by Crippen LogP contribution is 2.01. The molecule has 102 valence electrons. The van der Waals surface area contributed by atoms with Gasteiger partial charge in [0.05, 0.1) is 17.7 Å². The standard InChI is InChI=1S/C10H11N3O6/c1-6(3-8(14)15)4-12-9(16)7(13(18)19)5-11(2)10(12)17/h3,5H,4H2,1-2H3,(H,14,15). The van der Waals surface area contributed by atoms with Crippen LogP contribution >= 0.6 is 0 Å². The van der Waals surface area contributed by atoms with E-state index < -0.39 is 27.8 Å². The van der Waals surface area contributed by atoms with Gasteiger partial charge in [-0.2, -0.15) is 0 Å². The third-order valence-electron chi connectivity index (χ3n) is 2.29. The molecule has 0 radical (unpaired) electrons. The Bertz CT molecular complexity index is 681. The predicted octanol–water partition coefficient (Wildman–Crippen LogP) is -0.514. The zero-order chi connectivity index (χ0) is 14.7. The Morgan fingerprint density at radius 2 is 2.11 bits per heavy atom. The van der Waals surface area contributed by atoms with Crippen LogP contribution in [0.25, 0.3) is 0 Å². The number of hydrogen-bond acceptors (Lipinski definition) is 5. The zero-order valence-corrected chi connectivity index (χ0v) is 10.2. The highest BCUT2D eigenvalue weighted by atomic mass is 16.6. The number of aliphatic carboxylic acids is 1. The molecule has 0 atom stereocenters. The molecule has 0 saturated carbocycles. The number of carboxylic acids is 1. The lowest BCUT2D eigenvalue weighted by Gasteiger charge is -2.06. The summed E-state index contributed by atoms with van der Waals surface area (Å²) in [7, 11) is 1.27. The minimum absolute atomic E-state index is 0.215. The van der Waals surface area contributed by atoms with E-state index in [9.17, 15) is 24.5 Å². The Hall–Kier alpha value is -2.71. The molecule has 1 aromatic rings. The summed E-state index contributed by atoms with van der Waals surface area (Å²) in [6.45, 7) is 1.08. The largest absolute Gasteiger partial charge is 0.478 e. The molecule has 0 amide bonds. The molecule has 0 aliphatic rings. The van der Waals surface area contributed by atoms with Crippen LogP contribution < -0.4 is 11.2 Å². The fraction of sp³-hybridized carbons (Fsp3) is 0.300. The van der Waals surface area contributed by atoms with E-state index >= 15 is 0 Å². The van der Waals surface area contributed by atoms with Crippen molar-refractivity contribution in [3.63, 3.8) is 0 Å². The van der Waals surface area contributed by atoms with Gasteiger partial charge in [0, 0.05) is 13.1 Å². The third-order valence-corrected chi connectivity index (χ3v) is 2.29. The average Bonchev–Trinajstić information content (AvgIpc) is 2.28. The first-order chi connectivity index (χ1) is 8.73. The van der Waals surface area contributed by atoms with Gasteiger partial charge in [0.15, 0.2) is 0 Å². The Morgan fingerprint density at radius 1 is 1.53 bits per heavy atom. The van der Waals surface area contributed by atoms with E-state index in [1.807, 2.05) is 0 Å². The number of carbonyl (C=O) groups is 1. The maximum Gasteiger partial charge on any atom is 0.350 e. The van der Waals surface area contributed by atoms with Crippen molar-refractivity contribution in [2.45, 2.75) is 13.5 Å². The molecule has 0 unspecified atom stereocenters. The second-order valence-electron chi connectivity index (χ2n) is 3.89. The van der Waals surface area contributed by atoms with Gasteiger partial charge < -0.3 is 5.11 Å². The quantitative estimate of drug-likeness (QED) is 0.445. The van der Waals surface area contributed by atoms with Gasteiger partial charge in [-0.25, -0.2) is 9.59 Å². The van der Waals surface area contributed by atoms with Gasteiger partial charge in [-0.3, -0.25) is 24.0 Å². The molecule has 1 aromatic heterocycles. The molecule has 1 heterocycles. The van der Waals surface area contributed by atoms with Crippen LogP contribution in [-0.4, -0.2) is 25.1 Å². The maximum atomic E-state index is 11.7. The summed E-state index contributed by atoms with van der Waals surface area (Å²) >= 11 is 0. The van der Waals surface area contributed by atoms with Crippen LogP contribution in [0.1, 0.15) is 6.92 Å². The minimum atomic E-state index is -1.23. The smallest absolute Gasteiger partial charge is 0.350 e. The van der Waals surface area contributed by atoms with Gasteiger partial charge in [0.2, 0.25) is 0 Å². The fourth-order valence-electron chi connectivity index (χ4n) is 1.48. The van der Waals surface area contributed by atoms with Gasteiger partial charge in [-0.1, -0.05) is 0 Å². The Morgan fingerprint density at radius 3 is 2.58 bits per heavy atom. The van der Waals surface area contributed by atoms with Crippen molar-refractivity contribution in [3.8, 4) is 0 Å². The van der Waals surface area contributed by atoms with Gasteiger partial charge >= 0.3 is 22.9 Å². The summed E-state index contributed by atoms with van der Waals surface area (Å²) in [5.74, 6) is -1.23. The summed E-state index contributed by atoms with van der Waals surface area (Å²) < 4.78 is 1.51. The monoisotopic (exact) mass is 269 g/mol. The van der Waals surface area contributed by atoms with Crippen LogP contribution in [-0.2, 0) is 18.4 Å². The van der Waals surface area contributed by atoms with E-state index in [1.165, 1.54) is 14.0 Å². The molecule has 0 aromatic carbocycles. The second kappa shape index (κ2) is 5.29. The first kappa shape index (κ1) is 14.4. The zero-order valence-electron chi connectivity index (χ0n) is 10.2. The maximum absolute atomic E-state index is 11.7. The van der Waals surface area contributed by atoms with Crippen molar-refractivity contribution in [1.82, 2.24) is 9.13 Å². The van der Waals surface area contributed by atoms with Crippen LogP contribution in [0.3, 0.4) is 0 Å². The van der Waals surface area contributed by atoms with E-state index in [0.29, 0.717) is 4.57 Å². The van der Waals surface area contributed by atoms with Crippen molar-refractivity contribution in [2.75, 3.05) is 0 Å². The highest BCUT2D eigenvalue weighted by Gasteiger charge is 2.18. The van der Waals surface area contributed by atoms with Gasteiger partial charge in [0.25, 0.3) is 0 Å². The number of nitrogens with zero attached hydrogens (tertiary/aromatic N) is 3. The lowest BCUT2D eigenvalue weighted by Crippen LogP contribution is -2.39. The van der Waals surface area contributed by atoms with E-state index in [0.717, 1.165) is 16.8 Å². The predicted molar refractivity (Wildman–Crippen MR) is 64.0 cm³/mol. The Kier molecular flexibility index (Phi) is 4.00. The van der Waals surface area contributed by atoms with Crippen molar-refractivity contribution >= 4 is 11.7 Å². The molecule has 0 aliphatic heterocycles. The summed E-state index contributed by atoms with van der Waals surface area (Å²) in [5.41, 5.74) is -2.35. The van der Waals surface area contributed by atoms with Crippen molar-refractivity contribution in [2.24, 2.45) is 7.05 Å². The summed E-state index contributed by atoms with van der Waals surface area (Å²) in [6.07, 6.45) is 1.65. The molecule has 0 fully saturated rings. The Labute approximate surface area is 106 Å². The molecular weight excluding hydrogens is 258 g/mol. The normalized spacial score (nSPS) is 11.4. The van der Waals surface area contributed by atoms with Crippen LogP contribution in [0.5, 0.6) is 0 Å². The Balaban J connectivity index is 3.44. The van der Waals surface area contributed by atoms with Crippen molar-refractivity contribution in [3.05, 3.63) is 48.8 Å². The molecule has 0 aliphatic carbocycles. The number of allylic oxidation sites excluding steroid dienone is 1. The molecule has 9 heteroatoms. The lowest BCUT2D eigenvalue weighted by molar-refractivity contribution is -0.387. The highest BCUT2D eigenvalue weighted by molar-refractivity contribution is 5.80. The third kappa shape index (κ3) is 3.15. The molecule has 9 nitrogen and oxygen atoms in total. The first-order valence-electron chi connectivity index (χ1n) is 5.09. The van der Waals surface area contributed by atoms with Crippen molar-refractivity contribution < 1.29 is 14.8 Å². The number of aromatic nitrogens is 2. The first-order valence-corrected chi connectivity index (χ1v) is 5.09. The molecule has 19 heavy (non-hydrogen) atoms. The van der Waals surface area contributed by atoms with Gasteiger partial charge in [-0.15, -0.1) is 0 Å². The number of carboxylic acid groups (broad SMARTS) is 1. The molecule has 0 saturated heterocycles. The number of aryl methyl sites for hydroxylation is 1. The minimum Gasteiger partial charge on any atom is -0.478 e. The fourth-order valence-corrected chi connectivity index (χ4v) is 1.48. The molecule has 0 spiro atoms. The van der Waals surface area contributed by atoms with Crippen molar-refractivity contribution in [1.29, 1.82) is 0 Å². The summed E-state index contributed by atoms with van der Waals surface area (Å²) in [4.78, 5) is 43.7. The number of nitro groups is 1. The van der Waals surface area contributed by atoms with Crippen LogP contribution in [0.2, 0.25) is 0 Å². The topological polar surface area (TPSA) is 124 Å². The second-order valence-corrected chi connectivity index (χ2v) is 3.89. The van der Waals surface area contributed by atoms with Gasteiger partial charge in [-0.05, 0) is 12.5 Å².